The van der Waals surface area contributed by atoms with Gasteiger partial charge >= 0.3 is 0 Å². The van der Waals surface area contributed by atoms with Gasteiger partial charge in [0.1, 0.15) is 10.6 Å². The number of methoxy groups -OCH3 is 1. The van der Waals surface area contributed by atoms with Gasteiger partial charge in [-0.05, 0) is 31.0 Å². The minimum Gasteiger partial charge on any atom is -0.495 e. The normalized spacial score (nSPS) is 12.8. The summed E-state index contributed by atoms with van der Waals surface area (Å²) in [6.45, 7) is 1.88. The van der Waals surface area contributed by atoms with Crippen LogP contribution in [0.2, 0.25) is 0 Å². The molecule has 2 N–H and O–H groups in total. The van der Waals surface area contributed by atoms with Crippen molar-refractivity contribution in [2.24, 2.45) is 5.73 Å². The van der Waals surface area contributed by atoms with Crippen molar-refractivity contribution in [3.63, 3.8) is 0 Å². The van der Waals surface area contributed by atoms with E-state index in [-0.39, 0.29) is 10.9 Å². The largest absolute Gasteiger partial charge is 0.495 e. The van der Waals surface area contributed by atoms with Crippen molar-refractivity contribution in [3.8, 4) is 5.75 Å². The molecule has 0 amide bonds. The summed E-state index contributed by atoms with van der Waals surface area (Å²) in [5.41, 5.74) is 6.54. The first kappa shape index (κ1) is 12.0. The lowest BCUT2D eigenvalue weighted by atomic mass is 10.1. The topological polar surface area (TPSA) is 69.4 Å². The molecule has 0 aliphatic carbocycles. The van der Waals surface area contributed by atoms with Crippen molar-refractivity contribution in [1.29, 1.82) is 0 Å². The third kappa shape index (κ3) is 3.21. The van der Waals surface area contributed by atoms with E-state index < -0.39 is 10.7 Å². The van der Waals surface area contributed by atoms with Gasteiger partial charge in [-0.25, -0.2) is 8.42 Å². The zero-order chi connectivity index (χ0) is 11.4. The molecule has 0 fully saturated rings. The van der Waals surface area contributed by atoms with Crippen molar-refractivity contribution in [2.45, 2.75) is 24.3 Å². The summed E-state index contributed by atoms with van der Waals surface area (Å²) in [5, 5.41) is 0. The average Bonchev–Trinajstić information content (AvgIpc) is 2.16. The van der Waals surface area contributed by atoms with Crippen LogP contribution >= 0.6 is 0 Å². The van der Waals surface area contributed by atoms with E-state index in [1.165, 1.54) is 7.11 Å². The molecule has 0 saturated carbocycles. The predicted molar refractivity (Wildman–Crippen MR) is 58.9 cm³/mol. The summed E-state index contributed by atoms with van der Waals surface area (Å²) >= 11 is 0. The maximum absolute atomic E-state index is 10.9. The second-order valence-electron chi connectivity index (χ2n) is 3.44. The average molecular weight is 229 g/mol. The maximum atomic E-state index is 10.9. The predicted octanol–water partition coefficient (Wildman–Crippen LogP) is 0.555. The fourth-order valence-corrected chi connectivity index (χ4v) is 1.99. The Hall–Kier alpha value is -1.07. The number of benzene rings is 1. The molecule has 0 aliphatic rings. The van der Waals surface area contributed by atoms with Crippen molar-refractivity contribution in [3.05, 3.63) is 23.8 Å². The number of nitrogens with two attached hydrogens (primary N) is 1. The Bertz CT molecular complexity index is 405. The number of hydrogen-bond acceptors (Lipinski definition) is 4. The Morgan fingerprint density at radius 3 is 2.60 bits per heavy atom. The SMILES string of the molecule is COc1ccc(C[C@@H](C)N)cc1[SH](=O)=O. The number of thiol groups is 1. The van der Waals surface area contributed by atoms with E-state index in [2.05, 4.69) is 0 Å². The van der Waals surface area contributed by atoms with Crippen LogP contribution in [0.3, 0.4) is 0 Å². The van der Waals surface area contributed by atoms with Gasteiger partial charge in [0.05, 0.1) is 7.11 Å². The molecule has 0 saturated heterocycles. The van der Waals surface area contributed by atoms with Crippen LogP contribution in [0.15, 0.2) is 23.1 Å². The van der Waals surface area contributed by atoms with E-state index in [0.29, 0.717) is 12.2 Å². The van der Waals surface area contributed by atoms with Gasteiger partial charge in [0.15, 0.2) is 10.7 Å². The lowest BCUT2D eigenvalue weighted by molar-refractivity contribution is 0.403. The Balaban J connectivity index is 3.10. The molecule has 4 nitrogen and oxygen atoms in total. The molecule has 0 radical (unpaired) electrons. The van der Waals surface area contributed by atoms with E-state index in [4.69, 9.17) is 10.5 Å². The summed E-state index contributed by atoms with van der Waals surface area (Å²) in [4.78, 5) is 0.214. The molecule has 0 bridgehead atoms. The molecule has 0 spiro atoms. The van der Waals surface area contributed by atoms with Gasteiger partial charge in [-0.15, -0.1) is 0 Å². The molecule has 84 valence electrons. The second kappa shape index (κ2) is 5.14. The summed E-state index contributed by atoms with van der Waals surface area (Å²) in [6.07, 6.45) is 0.653. The number of rotatable bonds is 4. The van der Waals surface area contributed by atoms with E-state index in [1.807, 2.05) is 13.0 Å². The van der Waals surface area contributed by atoms with E-state index in [1.54, 1.807) is 12.1 Å². The minimum absolute atomic E-state index is 0.00998. The van der Waals surface area contributed by atoms with E-state index in [9.17, 15) is 8.42 Å². The highest BCUT2D eigenvalue weighted by Gasteiger charge is 2.07. The van der Waals surface area contributed by atoms with Crippen molar-refractivity contribution < 1.29 is 13.2 Å². The summed E-state index contributed by atoms with van der Waals surface area (Å²) in [5.74, 6) is 0.375. The fourth-order valence-electron chi connectivity index (χ4n) is 1.38. The quantitative estimate of drug-likeness (QED) is 0.740. The molecule has 1 aromatic rings. The van der Waals surface area contributed by atoms with E-state index >= 15 is 0 Å². The minimum atomic E-state index is -2.63. The standard InChI is InChI=1S/C10H15NO3S/c1-7(11)5-8-3-4-9(14-2)10(6-8)15(12)13/h3-4,6-7,15H,5,11H2,1-2H3/t7-/m1/s1. The summed E-state index contributed by atoms with van der Waals surface area (Å²) < 4.78 is 26.8. The van der Waals surface area contributed by atoms with Gasteiger partial charge < -0.3 is 10.5 Å². The smallest absolute Gasteiger partial charge is 0.171 e. The van der Waals surface area contributed by atoms with Crippen LogP contribution in [-0.4, -0.2) is 21.6 Å². The van der Waals surface area contributed by atoms with Crippen molar-refractivity contribution in [2.75, 3.05) is 7.11 Å². The zero-order valence-corrected chi connectivity index (χ0v) is 9.66. The van der Waals surface area contributed by atoms with E-state index in [0.717, 1.165) is 5.56 Å². The molecule has 1 aromatic carbocycles. The highest BCUT2D eigenvalue weighted by atomic mass is 32.2. The Kier molecular flexibility index (Phi) is 4.11. The molecular weight excluding hydrogens is 214 g/mol. The molecule has 0 aromatic heterocycles. The lowest BCUT2D eigenvalue weighted by Crippen LogP contribution is -2.17. The van der Waals surface area contributed by atoms with Crippen LogP contribution in [0.5, 0.6) is 5.75 Å². The molecule has 1 atom stereocenters. The van der Waals surface area contributed by atoms with Gasteiger partial charge in [0, 0.05) is 6.04 Å². The van der Waals surface area contributed by atoms with Crippen LogP contribution < -0.4 is 10.5 Å². The first-order valence-electron chi connectivity index (χ1n) is 4.61. The van der Waals surface area contributed by atoms with Gasteiger partial charge in [-0.1, -0.05) is 6.07 Å². The molecule has 0 heterocycles. The molecule has 0 unspecified atom stereocenters. The van der Waals surface area contributed by atoms with Crippen LogP contribution in [-0.2, 0) is 17.1 Å². The molecule has 5 heteroatoms. The van der Waals surface area contributed by atoms with Crippen LogP contribution in [0, 0.1) is 0 Å². The highest BCUT2D eigenvalue weighted by Crippen LogP contribution is 2.21. The summed E-state index contributed by atoms with van der Waals surface area (Å²) in [6, 6.07) is 5.09. The lowest BCUT2D eigenvalue weighted by Gasteiger charge is -2.08. The van der Waals surface area contributed by atoms with Gasteiger partial charge in [0.25, 0.3) is 0 Å². The number of ether oxygens (including phenoxy) is 1. The third-order valence-electron chi connectivity index (χ3n) is 2.00. The molecule has 15 heavy (non-hydrogen) atoms. The Morgan fingerprint density at radius 2 is 2.13 bits per heavy atom. The zero-order valence-electron chi connectivity index (χ0n) is 8.77. The van der Waals surface area contributed by atoms with Crippen LogP contribution in [0.25, 0.3) is 0 Å². The Morgan fingerprint density at radius 1 is 1.47 bits per heavy atom. The first-order chi connectivity index (χ1) is 7.04. The highest BCUT2D eigenvalue weighted by molar-refractivity contribution is 7.72. The van der Waals surface area contributed by atoms with Gasteiger partial charge in [0.2, 0.25) is 0 Å². The monoisotopic (exact) mass is 229 g/mol. The Labute approximate surface area is 91.0 Å². The number of hydrogen-bond donors (Lipinski definition) is 2. The fraction of sp³-hybridized carbons (Fsp3) is 0.400. The van der Waals surface area contributed by atoms with Crippen LogP contribution in [0.1, 0.15) is 12.5 Å². The summed E-state index contributed by atoms with van der Waals surface area (Å²) in [7, 11) is -1.18. The maximum Gasteiger partial charge on any atom is 0.171 e. The first-order valence-corrected chi connectivity index (χ1v) is 5.79. The molecule has 1 rings (SSSR count). The van der Waals surface area contributed by atoms with Crippen molar-refractivity contribution in [1.82, 2.24) is 0 Å². The van der Waals surface area contributed by atoms with Gasteiger partial charge in [-0.2, -0.15) is 0 Å². The molecular formula is C10H15NO3S. The second-order valence-corrected chi connectivity index (χ2v) is 4.44. The van der Waals surface area contributed by atoms with Gasteiger partial charge in [-0.3, -0.25) is 0 Å². The van der Waals surface area contributed by atoms with Crippen LogP contribution in [0.4, 0.5) is 0 Å². The molecule has 0 aliphatic heterocycles. The third-order valence-corrected chi connectivity index (χ3v) is 2.74. The van der Waals surface area contributed by atoms with Crippen molar-refractivity contribution >= 4 is 10.7 Å².